The fourth-order valence-electron chi connectivity index (χ4n) is 2.54. The van der Waals surface area contributed by atoms with Crippen LogP contribution in [0, 0.1) is 22.7 Å². The largest absolute Gasteiger partial charge is 0.489 e. The molecule has 0 aliphatic heterocycles. The Morgan fingerprint density at radius 1 is 0.963 bits per heavy atom. The van der Waals surface area contributed by atoms with Gasteiger partial charge in [-0.05, 0) is 47.5 Å². The van der Waals surface area contributed by atoms with Gasteiger partial charge in [-0.25, -0.2) is 0 Å². The molecule has 0 saturated carbocycles. The van der Waals surface area contributed by atoms with E-state index in [9.17, 15) is 5.26 Å². The molecule has 0 amide bonds. The number of allylic oxidation sites excluding steroid dienone is 1. The van der Waals surface area contributed by atoms with E-state index in [2.05, 4.69) is 12.1 Å². The van der Waals surface area contributed by atoms with E-state index in [4.69, 9.17) is 21.6 Å². The zero-order valence-electron chi connectivity index (χ0n) is 14.4. The van der Waals surface area contributed by atoms with Crippen molar-refractivity contribution in [3.8, 4) is 17.9 Å². The lowest BCUT2D eigenvalue weighted by molar-refractivity contribution is 0.306. The summed E-state index contributed by atoms with van der Waals surface area (Å²) in [6, 6.07) is 26.3. The summed E-state index contributed by atoms with van der Waals surface area (Å²) < 4.78 is 5.83. The fraction of sp³-hybridized carbons (Fsp3) is 0.0435. The topological polar surface area (TPSA) is 56.8 Å². The minimum Gasteiger partial charge on any atom is -0.489 e. The van der Waals surface area contributed by atoms with E-state index < -0.39 is 0 Å². The summed E-state index contributed by atoms with van der Waals surface area (Å²) in [6.45, 7) is 0.369. The summed E-state index contributed by atoms with van der Waals surface area (Å²) in [7, 11) is 0. The molecule has 0 N–H and O–H groups in total. The normalized spacial score (nSPS) is 10.7. The van der Waals surface area contributed by atoms with Gasteiger partial charge in [0.1, 0.15) is 12.4 Å². The van der Waals surface area contributed by atoms with Crippen LogP contribution in [0.5, 0.6) is 5.75 Å². The molecule has 0 saturated heterocycles. The number of hydrogen-bond acceptors (Lipinski definition) is 3. The molecular weight excluding hydrogens is 356 g/mol. The van der Waals surface area contributed by atoms with E-state index in [1.165, 1.54) is 0 Å². The van der Waals surface area contributed by atoms with Gasteiger partial charge in [-0.15, -0.1) is 0 Å². The Kier molecular flexibility index (Phi) is 5.90. The molecule has 3 aromatic rings. The Balaban J connectivity index is 1.79. The first-order valence-corrected chi connectivity index (χ1v) is 8.66. The van der Waals surface area contributed by atoms with E-state index in [0.717, 1.165) is 16.7 Å². The molecule has 130 valence electrons. The number of nitriles is 2. The highest BCUT2D eigenvalue weighted by molar-refractivity contribution is 6.31. The minimum absolute atomic E-state index is 0.369. The smallest absolute Gasteiger partial charge is 0.120 e. The lowest BCUT2D eigenvalue weighted by atomic mass is 10.0. The number of rotatable bonds is 5. The average Bonchev–Trinajstić information content (AvgIpc) is 2.72. The van der Waals surface area contributed by atoms with Crippen molar-refractivity contribution in [2.24, 2.45) is 0 Å². The highest BCUT2D eigenvalue weighted by atomic mass is 35.5. The van der Waals surface area contributed by atoms with Crippen molar-refractivity contribution in [2.75, 3.05) is 0 Å². The maximum atomic E-state index is 9.49. The van der Waals surface area contributed by atoms with Crippen molar-refractivity contribution < 1.29 is 4.74 Å². The number of hydrogen-bond donors (Lipinski definition) is 0. The van der Waals surface area contributed by atoms with Crippen LogP contribution < -0.4 is 4.74 Å². The summed E-state index contributed by atoms with van der Waals surface area (Å²) in [5, 5.41) is 19.0. The monoisotopic (exact) mass is 370 g/mol. The molecule has 0 aromatic heterocycles. The molecule has 3 nitrogen and oxygen atoms in total. The Morgan fingerprint density at radius 2 is 1.74 bits per heavy atom. The first-order chi connectivity index (χ1) is 13.2. The molecule has 0 atom stereocenters. The summed E-state index contributed by atoms with van der Waals surface area (Å²) in [5.41, 5.74) is 3.61. The third-order valence-corrected chi connectivity index (χ3v) is 4.34. The summed E-state index contributed by atoms with van der Waals surface area (Å²) in [5.74, 6) is 0.695. The zero-order valence-corrected chi connectivity index (χ0v) is 15.1. The predicted molar refractivity (Wildman–Crippen MR) is 107 cm³/mol. The number of ether oxygens (including phenoxy) is 1. The van der Waals surface area contributed by atoms with Crippen LogP contribution in [0.25, 0.3) is 11.6 Å². The van der Waals surface area contributed by atoms with Gasteiger partial charge in [0.15, 0.2) is 0 Å². The Bertz CT molecular complexity index is 1060. The van der Waals surface area contributed by atoms with Crippen LogP contribution in [-0.2, 0) is 6.61 Å². The lowest BCUT2D eigenvalue weighted by Crippen LogP contribution is -1.96. The highest BCUT2D eigenvalue weighted by Crippen LogP contribution is 2.23. The van der Waals surface area contributed by atoms with Gasteiger partial charge in [0, 0.05) is 10.6 Å². The van der Waals surface area contributed by atoms with Gasteiger partial charge in [0.25, 0.3) is 0 Å². The third-order valence-electron chi connectivity index (χ3n) is 3.97. The molecule has 0 heterocycles. The molecule has 0 aliphatic carbocycles. The van der Waals surface area contributed by atoms with Gasteiger partial charge in [-0.1, -0.05) is 54.1 Å². The predicted octanol–water partition coefficient (Wildman–Crippen LogP) is 5.85. The zero-order chi connectivity index (χ0) is 19.1. The summed E-state index contributed by atoms with van der Waals surface area (Å²) in [4.78, 5) is 0. The second kappa shape index (κ2) is 8.72. The van der Waals surface area contributed by atoms with Crippen LogP contribution in [0.4, 0.5) is 0 Å². The molecule has 0 aliphatic rings. The van der Waals surface area contributed by atoms with Crippen molar-refractivity contribution >= 4 is 23.3 Å². The molecule has 4 heteroatoms. The van der Waals surface area contributed by atoms with Crippen molar-refractivity contribution in [3.05, 3.63) is 100 Å². The van der Waals surface area contributed by atoms with Crippen molar-refractivity contribution in [3.63, 3.8) is 0 Å². The van der Waals surface area contributed by atoms with Gasteiger partial charge in [0.2, 0.25) is 0 Å². The molecule has 0 bridgehead atoms. The van der Waals surface area contributed by atoms with Gasteiger partial charge in [0.05, 0.1) is 23.3 Å². The quantitative estimate of drug-likeness (QED) is 0.417. The number of benzene rings is 3. The van der Waals surface area contributed by atoms with Crippen LogP contribution in [0.2, 0.25) is 5.02 Å². The maximum absolute atomic E-state index is 9.49. The summed E-state index contributed by atoms with van der Waals surface area (Å²) in [6.07, 6.45) is 1.80. The van der Waals surface area contributed by atoms with E-state index in [0.29, 0.717) is 28.5 Å². The first-order valence-electron chi connectivity index (χ1n) is 8.28. The van der Waals surface area contributed by atoms with Crippen LogP contribution in [-0.4, -0.2) is 0 Å². The maximum Gasteiger partial charge on any atom is 0.120 e. The van der Waals surface area contributed by atoms with Crippen molar-refractivity contribution in [2.45, 2.75) is 6.61 Å². The van der Waals surface area contributed by atoms with Crippen LogP contribution in [0.3, 0.4) is 0 Å². The molecule has 27 heavy (non-hydrogen) atoms. The first kappa shape index (κ1) is 18.3. The van der Waals surface area contributed by atoms with E-state index in [-0.39, 0.29) is 0 Å². The molecule has 3 aromatic carbocycles. The summed E-state index contributed by atoms with van der Waals surface area (Å²) >= 11 is 6.15. The number of nitrogens with zero attached hydrogens (tertiary/aromatic N) is 2. The minimum atomic E-state index is 0.369. The third kappa shape index (κ3) is 4.76. The van der Waals surface area contributed by atoms with E-state index in [1.54, 1.807) is 30.3 Å². The molecule has 0 radical (unpaired) electrons. The molecule has 0 fully saturated rings. The standard InChI is InChI=1S/C23H15ClN2O/c24-23-7-2-1-5-20(23)16-27-22-6-3-4-18(13-22)12-21(15-26)19-10-8-17(14-25)9-11-19/h1-13H,16H2/b21-12-. The second-order valence-electron chi connectivity index (χ2n) is 5.81. The van der Waals surface area contributed by atoms with Crippen LogP contribution in [0.15, 0.2) is 72.8 Å². The van der Waals surface area contributed by atoms with Gasteiger partial charge < -0.3 is 4.74 Å². The van der Waals surface area contributed by atoms with Crippen LogP contribution in [0.1, 0.15) is 22.3 Å². The molecule has 0 unspecified atom stereocenters. The average molecular weight is 371 g/mol. The van der Waals surface area contributed by atoms with E-state index in [1.807, 2.05) is 48.5 Å². The van der Waals surface area contributed by atoms with Gasteiger partial charge in [-0.3, -0.25) is 0 Å². The number of halogens is 1. The van der Waals surface area contributed by atoms with E-state index >= 15 is 0 Å². The molecule has 3 rings (SSSR count). The van der Waals surface area contributed by atoms with Gasteiger partial charge >= 0.3 is 0 Å². The van der Waals surface area contributed by atoms with Crippen LogP contribution >= 0.6 is 11.6 Å². The SMILES string of the molecule is N#C/C(=C/c1cccc(OCc2ccccc2Cl)c1)c1ccc(C#N)cc1. The molecular formula is C23H15ClN2O. The highest BCUT2D eigenvalue weighted by Gasteiger charge is 2.04. The Morgan fingerprint density at radius 3 is 2.44 bits per heavy atom. The van der Waals surface area contributed by atoms with Gasteiger partial charge in [-0.2, -0.15) is 10.5 Å². The fourth-order valence-corrected chi connectivity index (χ4v) is 2.73. The Hall–Kier alpha value is -3.53. The lowest BCUT2D eigenvalue weighted by Gasteiger charge is -2.08. The van der Waals surface area contributed by atoms with Crippen molar-refractivity contribution in [1.82, 2.24) is 0 Å². The van der Waals surface area contributed by atoms with Crippen molar-refractivity contribution in [1.29, 1.82) is 10.5 Å². The molecule has 0 spiro atoms. The second-order valence-corrected chi connectivity index (χ2v) is 6.22. The Labute approximate surface area is 163 Å².